The summed E-state index contributed by atoms with van der Waals surface area (Å²) in [6.45, 7) is 6.39. The number of hydrogen-bond donors (Lipinski definition) is 3. The van der Waals surface area contributed by atoms with E-state index < -0.39 is 0 Å². The summed E-state index contributed by atoms with van der Waals surface area (Å²) in [5.41, 5.74) is 6.41. The number of carbonyl (C=O) groups is 1. The lowest BCUT2D eigenvalue weighted by atomic mass is 9.97. The Labute approximate surface area is 89.4 Å². The number of anilines is 1. The predicted octanol–water partition coefficient (Wildman–Crippen LogP) is 0.900. The first kappa shape index (κ1) is 11.6. The number of hydrogen-bond acceptors (Lipinski definition) is 3. The summed E-state index contributed by atoms with van der Waals surface area (Å²) in [6.07, 6.45) is 1.62. The molecule has 1 aromatic rings. The molecule has 4 N–H and O–H groups in total. The van der Waals surface area contributed by atoms with Crippen LogP contribution in [-0.4, -0.2) is 16.1 Å². The molecule has 5 nitrogen and oxygen atoms in total. The molecule has 1 aromatic heterocycles. The molecule has 1 amide bonds. The number of amides is 1. The second-order valence-electron chi connectivity index (χ2n) is 4.06. The van der Waals surface area contributed by atoms with E-state index in [2.05, 4.69) is 15.5 Å². The van der Waals surface area contributed by atoms with E-state index in [1.165, 1.54) is 0 Å². The number of nitrogens with one attached hydrogen (secondary N) is 2. The minimum atomic E-state index is 0.0122. The standard InChI is InChI=1S/C10H18N4O/c1-6(2)7(3)10(15)12-4-8-5-13-14-9(8)11/h5-7H,4H2,1-3H3,(H,12,15)(H3,11,13,14). The molecular formula is C10H18N4O. The van der Waals surface area contributed by atoms with Gasteiger partial charge in [-0.3, -0.25) is 9.89 Å². The Morgan fingerprint density at radius 1 is 1.60 bits per heavy atom. The lowest BCUT2D eigenvalue weighted by molar-refractivity contribution is -0.125. The zero-order valence-corrected chi connectivity index (χ0v) is 9.37. The quantitative estimate of drug-likeness (QED) is 0.690. The van der Waals surface area contributed by atoms with Crippen LogP contribution in [0.1, 0.15) is 26.3 Å². The van der Waals surface area contributed by atoms with Crippen molar-refractivity contribution in [2.45, 2.75) is 27.3 Å². The molecule has 0 spiro atoms. The fraction of sp³-hybridized carbons (Fsp3) is 0.600. The fourth-order valence-electron chi connectivity index (χ4n) is 1.11. The molecule has 0 saturated carbocycles. The van der Waals surface area contributed by atoms with Crippen molar-refractivity contribution in [3.8, 4) is 0 Å². The first-order valence-corrected chi connectivity index (χ1v) is 5.07. The van der Waals surface area contributed by atoms with Gasteiger partial charge < -0.3 is 11.1 Å². The number of aromatic nitrogens is 2. The maximum Gasteiger partial charge on any atom is 0.223 e. The van der Waals surface area contributed by atoms with Gasteiger partial charge >= 0.3 is 0 Å². The average molecular weight is 210 g/mol. The molecule has 0 bridgehead atoms. The van der Waals surface area contributed by atoms with E-state index in [9.17, 15) is 4.79 Å². The summed E-state index contributed by atoms with van der Waals surface area (Å²) in [4.78, 5) is 11.6. The molecule has 1 heterocycles. The van der Waals surface area contributed by atoms with Crippen molar-refractivity contribution in [1.82, 2.24) is 15.5 Å². The molecule has 1 unspecified atom stereocenters. The number of nitrogen functional groups attached to an aromatic ring is 1. The Hall–Kier alpha value is -1.52. The Morgan fingerprint density at radius 2 is 2.27 bits per heavy atom. The Morgan fingerprint density at radius 3 is 2.73 bits per heavy atom. The van der Waals surface area contributed by atoms with Gasteiger partial charge in [0.1, 0.15) is 5.82 Å². The normalized spacial score (nSPS) is 12.8. The maximum atomic E-state index is 11.6. The van der Waals surface area contributed by atoms with Gasteiger partial charge in [0.05, 0.1) is 6.20 Å². The van der Waals surface area contributed by atoms with Crippen molar-refractivity contribution in [1.29, 1.82) is 0 Å². The number of H-pyrrole nitrogens is 1. The van der Waals surface area contributed by atoms with Crippen LogP contribution in [0.25, 0.3) is 0 Å². The zero-order valence-electron chi connectivity index (χ0n) is 9.37. The van der Waals surface area contributed by atoms with Crippen molar-refractivity contribution < 1.29 is 4.79 Å². The number of aromatic amines is 1. The van der Waals surface area contributed by atoms with Gasteiger partial charge in [0.2, 0.25) is 5.91 Å². The predicted molar refractivity (Wildman–Crippen MR) is 58.8 cm³/mol. The summed E-state index contributed by atoms with van der Waals surface area (Å²) in [5.74, 6) is 0.905. The molecule has 0 aliphatic carbocycles. The number of nitrogens with zero attached hydrogens (tertiary/aromatic N) is 1. The molecule has 0 saturated heterocycles. The smallest absolute Gasteiger partial charge is 0.223 e. The second kappa shape index (κ2) is 4.82. The van der Waals surface area contributed by atoms with E-state index in [-0.39, 0.29) is 11.8 Å². The summed E-state index contributed by atoms with van der Waals surface area (Å²) in [6, 6.07) is 0. The fourth-order valence-corrected chi connectivity index (χ4v) is 1.11. The number of rotatable bonds is 4. The maximum absolute atomic E-state index is 11.6. The van der Waals surface area contributed by atoms with Crippen LogP contribution >= 0.6 is 0 Å². The summed E-state index contributed by atoms with van der Waals surface area (Å²) in [7, 11) is 0. The van der Waals surface area contributed by atoms with Crippen molar-refractivity contribution >= 4 is 11.7 Å². The lowest BCUT2D eigenvalue weighted by Gasteiger charge is -2.14. The van der Waals surface area contributed by atoms with Crippen molar-refractivity contribution in [2.75, 3.05) is 5.73 Å². The molecule has 5 heteroatoms. The SMILES string of the molecule is CC(C)C(C)C(=O)NCc1cn[nH]c1N. The molecule has 1 atom stereocenters. The van der Waals surface area contributed by atoms with Crippen molar-refractivity contribution in [3.63, 3.8) is 0 Å². The van der Waals surface area contributed by atoms with E-state index in [1.807, 2.05) is 20.8 Å². The minimum Gasteiger partial charge on any atom is -0.384 e. The third-order valence-electron chi connectivity index (χ3n) is 2.62. The van der Waals surface area contributed by atoms with E-state index in [0.717, 1.165) is 5.56 Å². The molecule has 0 radical (unpaired) electrons. The lowest BCUT2D eigenvalue weighted by Crippen LogP contribution is -2.31. The first-order valence-electron chi connectivity index (χ1n) is 5.07. The van der Waals surface area contributed by atoms with E-state index in [0.29, 0.717) is 18.3 Å². The van der Waals surface area contributed by atoms with Gasteiger partial charge in [0.15, 0.2) is 0 Å². The highest BCUT2D eigenvalue weighted by Gasteiger charge is 2.16. The first-order chi connectivity index (χ1) is 7.02. The molecule has 1 rings (SSSR count). The third kappa shape index (κ3) is 2.97. The van der Waals surface area contributed by atoms with Gasteiger partial charge in [-0.15, -0.1) is 0 Å². The summed E-state index contributed by atoms with van der Waals surface area (Å²) >= 11 is 0. The van der Waals surface area contributed by atoms with Crippen LogP contribution < -0.4 is 11.1 Å². The van der Waals surface area contributed by atoms with Gasteiger partial charge in [-0.1, -0.05) is 20.8 Å². The van der Waals surface area contributed by atoms with Crippen LogP contribution in [0.4, 0.5) is 5.82 Å². The molecule has 15 heavy (non-hydrogen) atoms. The zero-order chi connectivity index (χ0) is 11.4. The van der Waals surface area contributed by atoms with Gasteiger partial charge in [0, 0.05) is 18.0 Å². The van der Waals surface area contributed by atoms with E-state index in [1.54, 1.807) is 6.20 Å². The topological polar surface area (TPSA) is 83.8 Å². The van der Waals surface area contributed by atoms with Crippen LogP contribution in [0.2, 0.25) is 0 Å². The highest BCUT2D eigenvalue weighted by atomic mass is 16.1. The van der Waals surface area contributed by atoms with Gasteiger partial charge in [-0.05, 0) is 5.92 Å². The molecule has 84 valence electrons. The van der Waals surface area contributed by atoms with Crippen LogP contribution in [0.5, 0.6) is 0 Å². The Balaban J connectivity index is 2.44. The average Bonchev–Trinajstić information content (AvgIpc) is 2.59. The third-order valence-corrected chi connectivity index (χ3v) is 2.62. The largest absolute Gasteiger partial charge is 0.384 e. The van der Waals surface area contributed by atoms with Crippen molar-refractivity contribution in [3.05, 3.63) is 11.8 Å². The molecule has 0 aromatic carbocycles. The van der Waals surface area contributed by atoms with Crippen LogP contribution in [-0.2, 0) is 11.3 Å². The highest BCUT2D eigenvalue weighted by molar-refractivity contribution is 5.78. The Kier molecular flexibility index (Phi) is 3.71. The second-order valence-corrected chi connectivity index (χ2v) is 4.06. The molecule has 0 aliphatic rings. The van der Waals surface area contributed by atoms with Crippen LogP contribution in [0.15, 0.2) is 6.20 Å². The van der Waals surface area contributed by atoms with Crippen LogP contribution in [0.3, 0.4) is 0 Å². The molecular weight excluding hydrogens is 192 g/mol. The van der Waals surface area contributed by atoms with E-state index >= 15 is 0 Å². The summed E-state index contributed by atoms with van der Waals surface area (Å²) < 4.78 is 0. The number of carbonyl (C=O) groups excluding carboxylic acids is 1. The monoisotopic (exact) mass is 210 g/mol. The molecule has 0 aliphatic heterocycles. The summed E-state index contributed by atoms with van der Waals surface area (Å²) in [5, 5.41) is 9.23. The Bertz CT molecular complexity index is 332. The van der Waals surface area contributed by atoms with Gasteiger partial charge in [-0.2, -0.15) is 5.10 Å². The highest BCUT2D eigenvalue weighted by Crippen LogP contribution is 2.10. The van der Waals surface area contributed by atoms with Crippen molar-refractivity contribution in [2.24, 2.45) is 11.8 Å². The van der Waals surface area contributed by atoms with E-state index in [4.69, 9.17) is 5.73 Å². The number of nitrogens with two attached hydrogens (primary N) is 1. The minimum absolute atomic E-state index is 0.0122. The van der Waals surface area contributed by atoms with Gasteiger partial charge in [0.25, 0.3) is 0 Å². The van der Waals surface area contributed by atoms with Crippen LogP contribution in [0, 0.1) is 11.8 Å². The van der Waals surface area contributed by atoms with Gasteiger partial charge in [-0.25, -0.2) is 0 Å². The molecule has 0 fully saturated rings.